The van der Waals surface area contributed by atoms with E-state index in [1.54, 1.807) is 0 Å². The van der Waals surface area contributed by atoms with Gasteiger partial charge in [-0.25, -0.2) is 0 Å². The van der Waals surface area contributed by atoms with E-state index in [2.05, 4.69) is 33.8 Å². The molecule has 0 spiro atoms. The number of amides is 2. The largest absolute Gasteiger partial charge is 0.340 e. The quantitative estimate of drug-likeness (QED) is 0.642. The molecule has 6 nitrogen and oxygen atoms in total. The van der Waals surface area contributed by atoms with Crippen LogP contribution in [0.5, 0.6) is 0 Å². The Morgan fingerprint density at radius 2 is 1.31 bits per heavy atom. The molecule has 192 valence electrons. The van der Waals surface area contributed by atoms with Gasteiger partial charge in [0.2, 0.25) is 5.91 Å². The van der Waals surface area contributed by atoms with Crippen LogP contribution in [0.2, 0.25) is 0 Å². The Hall–Kier alpha value is -2.70. The van der Waals surface area contributed by atoms with Gasteiger partial charge in [-0.15, -0.1) is 0 Å². The van der Waals surface area contributed by atoms with Crippen molar-refractivity contribution >= 4 is 11.8 Å². The zero-order valence-corrected chi connectivity index (χ0v) is 21.6. The van der Waals surface area contributed by atoms with E-state index in [-0.39, 0.29) is 11.8 Å². The summed E-state index contributed by atoms with van der Waals surface area (Å²) < 4.78 is 0. The topological polar surface area (TPSA) is 47.1 Å². The first-order valence-corrected chi connectivity index (χ1v) is 13.8. The van der Waals surface area contributed by atoms with Crippen LogP contribution in [-0.4, -0.2) is 96.4 Å². The molecular weight excluding hydrogens is 448 g/mol. The van der Waals surface area contributed by atoms with E-state index in [0.717, 1.165) is 95.7 Å². The van der Waals surface area contributed by atoms with Crippen LogP contribution in [0.15, 0.2) is 54.6 Å². The molecule has 0 bridgehead atoms. The van der Waals surface area contributed by atoms with Crippen molar-refractivity contribution < 1.29 is 9.59 Å². The predicted molar refractivity (Wildman–Crippen MR) is 144 cm³/mol. The summed E-state index contributed by atoms with van der Waals surface area (Å²) in [6, 6.07) is 18.8. The average Bonchev–Trinajstić information content (AvgIpc) is 2.97. The Morgan fingerprint density at radius 1 is 0.694 bits per heavy atom. The summed E-state index contributed by atoms with van der Waals surface area (Å²) in [6.07, 6.45) is 3.98. The lowest BCUT2D eigenvalue weighted by molar-refractivity contribution is -0.139. The molecular formula is C30H40N4O2. The maximum absolute atomic E-state index is 13.1. The minimum absolute atomic E-state index is 0.139. The van der Waals surface area contributed by atoms with Crippen LogP contribution in [0.4, 0.5) is 0 Å². The van der Waals surface area contributed by atoms with Gasteiger partial charge in [-0.3, -0.25) is 9.59 Å². The van der Waals surface area contributed by atoms with E-state index >= 15 is 0 Å². The van der Waals surface area contributed by atoms with Crippen molar-refractivity contribution in [3.63, 3.8) is 0 Å². The van der Waals surface area contributed by atoms with Crippen molar-refractivity contribution in [1.29, 1.82) is 0 Å². The summed E-state index contributed by atoms with van der Waals surface area (Å²) in [5.74, 6) is 0.708. The van der Waals surface area contributed by atoms with Gasteiger partial charge in [0, 0.05) is 56.8 Å². The highest BCUT2D eigenvalue weighted by Gasteiger charge is 2.34. The van der Waals surface area contributed by atoms with E-state index in [0.29, 0.717) is 11.9 Å². The molecule has 2 aromatic carbocycles. The number of hydrogen-bond acceptors (Lipinski definition) is 4. The highest BCUT2D eigenvalue weighted by Crippen LogP contribution is 2.27. The molecule has 0 unspecified atom stereocenters. The molecule has 6 heteroatoms. The van der Waals surface area contributed by atoms with Gasteiger partial charge in [0.15, 0.2) is 0 Å². The fraction of sp³-hybridized carbons (Fsp3) is 0.533. The molecule has 2 amide bonds. The second-order valence-corrected chi connectivity index (χ2v) is 10.5. The molecule has 0 aliphatic carbocycles. The van der Waals surface area contributed by atoms with E-state index < -0.39 is 0 Å². The summed E-state index contributed by atoms with van der Waals surface area (Å²) in [5, 5.41) is 0. The third-order valence-corrected chi connectivity index (χ3v) is 8.52. The molecule has 36 heavy (non-hydrogen) atoms. The first-order valence-electron chi connectivity index (χ1n) is 13.8. The monoisotopic (exact) mass is 488 g/mol. The molecule has 0 atom stereocenters. The molecule has 0 N–H and O–H groups in total. The van der Waals surface area contributed by atoms with Crippen LogP contribution in [-0.2, 0) is 4.79 Å². The molecule has 2 aromatic rings. The van der Waals surface area contributed by atoms with E-state index in [1.807, 2.05) is 47.4 Å². The lowest BCUT2D eigenvalue weighted by atomic mass is 9.92. The molecule has 0 radical (unpaired) electrons. The summed E-state index contributed by atoms with van der Waals surface area (Å²) in [6.45, 7) is 10.7. The Morgan fingerprint density at radius 3 is 1.92 bits per heavy atom. The molecule has 0 aromatic heterocycles. The number of benzene rings is 2. The van der Waals surface area contributed by atoms with Crippen molar-refractivity contribution in [2.75, 3.05) is 58.9 Å². The number of carbonyl (C=O) groups excluding carboxylic acids is 2. The number of piperidine rings is 2. The third-order valence-electron chi connectivity index (χ3n) is 8.52. The summed E-state index contributed by atoms with van der Waals surface area (Å²) in [5.41, 5.74) is 3.07. The zero-order valence-electron chi connectivity index (χ0n) is 21.6. The van der Waals surface area contributed by atoms with Crippen molar-refractivity contribution in [3.8, 4) is 11.1 Å². The molecule has 3 heterocycles. The van der Waals surface area contributed by atoms with Crippen LogP contribution in [0.1, 0.15) is 43.0 Å². The Kier molecular flexibility index (Phi) is 8.02. The Balaban J connectivity index is 1.07. The van der Waals surface area contributed by atoms with Crippen molar-refractivity contribution in [3.05, 3.63) is 60.2 Å². The summed E-state index contributed by atoms with van der Waals surface area (Å²) in [4.78, 5) is 35.2. The molecule has 3 aliphatic heterocycles. The van der Waals surface area contributed by atoms with Crippen LogP contribution in [0.3, 0.4) is 0 Å². The standard InChI is InChI=1S/C30H40N4O2/c1-2-31-20-22-34(23-21-31)30(36)27-12-16-32(17-13-27)28-14-18-33(19-15-28)29(35)26-10-8-25(9-11-26)24-6-4-3-5-7-24/h3-11,27-28H,2,12-23H2,1H3. The van der Waals surface area contributed by atoms with E-state index in [4.69, 9.17) is 0 Å². The highest BCUT2D eigenvalue weighted by atomic mass is 16.2. The van der Waals surface area contributed by atoms with Crippen LogP contribution in [0.25, 0.3) is 11.1 Å². The van der Waals surface area contributed by atoms with E-state index in [9.17, 15) is 9.59 Å². The van der Waals surface area contributed by atoms with Crippen molar-refractivity contribution in [2.24, 2.45) is 5.92 Å². The minimum Gasteiger partial charge on any atom is -0.340 e. The lowest BCUT2D eigenvalue weighted by Gasteiger charge is -2.42. The fourth-order valence-electron chi connectivity index (χ4n) is 6.11. The predicted octanol–water partition coefficient (Wildman–Crippen LogP) is 3.83. The van der Waals surface area contributed by atoms with Gasteiger partial charge >= 0.3 is 0 Å². The number of hydrogen-bond donors (Lipinski definition) is 0. The maximum Gasteiger partial charge on any atom is 0.253 e. The number of likely N-dealkylation sites (tertiary alicyclic amines) is 2. The van der Waals surface area contributed by atoms with Gasteiger partial charge in [0.05, 0.1) is 0 Å². The second kappa shape index (κ2) is 11.6. The summed E-state index contributed by atoms with van der Waals surface area (Å²) >= 11 is 0. The second-order valence-electron chi connectivity index (χ2n) is 10.5. The minimum atomic E-state index is 0.139. The van der Waals surface area contributed by atoms with Crippen LogP contribution >= 0.6 is 0 Å². The number of carbonyl (C=O) groups is 2. The number of piperazine rings is 1. The first kappa shape index (κ1) is 25.0. The Bertz CT molecular complexity index is 1000. The number of likely N-dealkylation sites (N-methyl/N-ethyl adjacent to an activating group) is 1. The smallest absolute Gasteiger partial charge is 0.253 e. The van der Waals surface area contributed by atoms with Crippen LogP contribution < -0.4 is 0 Å². The molecule has 3 aliphatic rings. The highest BCUT2D eigenvalue weighted by molar-refractivity contribution is 5.94. The SMILES string of the molecule is CCN1CCN(C(=O)C2CCN(C3CCN(C(=O)c4ccc(-c5ccccc5)cc4)CC3)CC2)CC1. The van der Waals surface area contributed by atoms with Gasteiger partial charge in [-0.2, -0.15) is 0 Å². The molecule has 5 rings (SSSR count). The van der Waals surface area contributed by atoms with Gasteiger partial charge < -0.3 is 19.6 Å². The normalized spacial score (nSPS) is 21.0. The molecule has 3 saturated heterocycles. The average molecular weight is 489 g/mol. The maximum atomic E-state index is 13.1. The molecule has 3 fully saturated rings. The van der Waals surface area contributed by atoms with Crippen molar-refractivity contribution in [2.45, 2.75) is 38.6 Å². The van der Waals surface area contributed by atoms with Gasteiger partial charge in [0.25, 0.3) is 5.91 Å². The molecule has 0 saturated carbocycles. The van der Waals surface area contributed by atoms with Crippen LogP contribution in [0, 0.1) is 5.92 Å². The summed E-state index contributed by atoms with van der Waals surface area (Å²) in [7, 11) is 0. The van der Waals surface area contributed by atoms with Crippen molar-refractivity contribution in [1.82, 2.24) is 19.6 Å². The van der Waals surface area contributed by atoms with Gasteiger partial charge in [-0.1, -0.05) is 49.4 Å². The zero-order chi connectivity index (χ0) is 24.9. The van der Waals surface area contributed by atoms with E-state index in [1.165, 1.54) is 5.56 Å². The van der Waals surface area contributed by atoms with Gasteiger partial charge in [0.1, 0.15) is 0 Å². The third kappa shape index (κ3) is 5.65. The number of nitrogens with zero attached hydrogens (tertiary/aromatic N) is 4. The Labute approximate surface area is 215 Å². The first-order chi connectivity index (χ1) is 17.6. The van der Waals surface area contributed by atoms with Gasteiger partial charge in [-0.05, 0) is 68.6 Å². The fourth-order valence-corrected chi connectivity index (χ4v) is 6.11. The number of rotatable bonds is 5. The lowest BCUT2D eigenvalue weighted by Crippen LogP contribution is -2.53.